The average molecular weight is 680 g/mol. The van der Waals surface area contributed by atoms with Gasteiger partial charge in [-0.05, 0) is 120 Å². The van der Waals surface area contributed by atoms with E-state index >= 15 is 0 Å². The second kappa shape index (κ2) is 13.9. The Labute approximate surface area is 308 Å². The van der Waals surface area contributed by atoms with Gasteiger partial charge in [0.25, 0.3) is 0 Å². The van der Waals surface area contributed by atoms with E-state index in [1.54, 1.807) is 12.4 Å². The number of rotatable bonds is 7. The number of nitrogens with one attached hydrogen (secondary N) is 1. The summed E-state index contributed by atoms with van der Waals surface area (Å²) < 4.78 is 0. The number of anilines is 1. The van der Waals surface area contributed by atoms with Gasteiger partial charge < -0.3 is 0 Å². The van der Waals surface area contributed by atoms with Gasteiger partial charge in [-0.2, -0.15) is 5.10 Å². The van der Waals surface area contributed by atoms with Crippen molar-refractivity contribution in [3.05, 3.63) is 206 Å². The number of pyridine rings is 1. The smallest absolute Gasteiger partial charge is 0.232 e. The maximum Gasteiger partial charge on any atom is 0.232 e. The predicted octanol–water partition coefficient (Wildman–Crippen LogP) is 10.5. The lowest BCUT2D eigenvalue weighted by atomic mass is 9.87. The van der Waals surface area contributed by atoms with Crippen LogP contribution in [0.25, 0.3) is 66.1 Å². The van der Waals surface area contributed by atoms with E-state index in [-0.39, 0.29) is 0 Å². The SMILES string of the molecule is [NH2+]=C1C(c2ccc(-c3ccc4ccccc4c3)cc2)=CC(c2ccc(-c3ccc4ccccc4c3)cc2)=C/C1=N/Nc1cccc(-c2ccncc2)c1. The zero-order valence-corrected chi connectivity index (χ0v) is 28.9. The highest BCUT2D eigenvalue weighted by Gasteiger charge is 2.25. The van der Waals surface area contributed by atoms with Crippen LogP contribution in [0, 0.1) is 0 Å². The molecule has 9 rings (SSSR count). The topological polar surface area (TPSA) is 62.9 Å². The number of nitrogens with zero attached hydrogens (tertiary/aromatic N) is 2. The molecule has 0 saturated heterocycles. The number of allylic oxidation sites excluding steroid dienone is 4. The van der Waals surface area contributed by atoms with E-state index in [1.807, 2.05) is 24.3 Å². The lowest BCUT2D eigenvalue weighted by Crippen LogP contribution is -2.46. The second-order valence-electron chi connectivity index (χ2n) is 13.3. The van der Waals surface area contributed by atoms with E-state index in [1.165, 1.54) is 38.2 Å². The second-order valence-corrected chi connectivity index (χ2v) is 13.3. The minimum Gasteiger partial charge on any atom is -0.278 e. The Kier molecular flexibility index (Phi) is 8.31. The molecule has 250 valence electrons. The highest BCUT2D eigenvalue weighted by atomic mass is 15.3. The van der Waals surface area contributed by atoms with Crippen LogP contribution in [-0.2, 0) is 0 Å². The molecule has 4 nitrogen and oxygen atoms in total. The molecule has 0 spiro atoms. The summed E-state index contributed by atoms with van der Waals surface area (Å²) in [6.07, 6.45) is 7.84. The van der Waals surface area contributed by atoms with Gasteiger partial charge in [0, 0.05) is 12.4 Å². The molecule has 0 radical (unpaired) electrons. The summed E-state index contributed by atoms with van der Waals surface area (Å²) in [6, 6.07) is 59.7. The number of benzene rings is 7. The van der Waals surface area contributed by atoms with Crippen molar-refractivity contribution in [1.29, 1.82) is 0 Å². The van der Waals surface area contributed by atoms with Gasteiger partial charge in [0.2, 0.25) is 5.71 Å². The molecule has 7 aromatic carbocycles. The molecule has 0 fully saturated rings. The van der Waals surface area contributed by atoms with Gasteiger partial charge in [0.1, 0.15) is 0 Å². The lowest BCUT2D eigenvalue weighted by molar-refractivity contribution is -0.108. The third kappa shape index (κ3) is 6.58. The van der Waals surface area contributed by atoms with Crippen LogP contribution in [0.1, 0.15) is 11.1 Å². The highest BCUT2D eigenvalue weighted by Crippen LogP contribution is 2.32. The molecule has 1 heterocycles. The lowest BCUT2D eigenvalue weighted by Gasteiger charge is -2.16. The summed E-state index contributed by atoms with van der Waals surface area (Å²) in [5.41, 5.74) is 16.4. The summed E-state index contributed by atoms with van der Waals surface area (Å²) in [7, 11) is 0. The average Bonchev–Trinajstić information content (AvgIpc) is 3.23. The normalized spacial score (nSPS) is 13.6. The monoisotopic (exact) mass is 679 g/mol. The predicted molar refractivity (Wildman–Crippen MR) is 222 cm³/mol. The number of hydrazone groups is 1. The maximum atomic E-state index is 6.96. The van der Waals surface area contributed by atoms with E-state index < -0.39 is 0 Å². The van der Waals surface area contributed by atoms with Crippen molar-refractivity contribution >= 4 is 49.8 Å². The maximum absolute atomic E-state index is 6.96. The molecule has 8 aromatic rings. The van der Waals surface area contributed by atoms with Crippen molar-refractivity contribution < 1.29 is 5.41 Å². The van der Waals surface area contributed by atoms with Gasteiger partial charge in [-0.3, -0.25) is 15.8 Å². The Balaban J connectivity index is 1.06. The van der Waals surface area contributed by atoms with E-state index in [0.717, 1.165) is 44.7 Å². The molecule has 0 atom stereocenters. The van der Waals surface area contributed by atoms with Crippen LogP contribution < -0.4 is 10.8 Å². The summed E-state index contributed by atoms with van der Waals surface area (Å²) in [5, 5.41) is 16.8. The summed E-state index contributed by atoms with van der Waals surface area (Å²) in [4.78, 5) is 4.16. The van der Waals surface area contributed by atoms with Crippen molar-refractivity contribution in [2.24, 2.45) is 5.10 Å². The summed E-state index contributed by atoms with van der Waals surface area (Å²) in [6.45, 7) is 0. The van der Waals surface area contributed by atoms with E-state index in [0.29, 0.717) is 11.4 Å². The van der Waals surface area contributed by atoms with Gasteiger partial charge in [0.05, 0.1) is 11.3 Å². The molecule has 1 aliphatic carbocycles. The van der Waals surface area contributed by atoms with Crippen molar-refractivity contribution in [2.45, 2.75) is 0 Å². The van der Waals surface area contributed by atoms with Gasteiger partial charge in [-0.1, -0.05) is 133 Å². The Morgan fingerprint density at radius 3 is 1.55 bits per heavy atom. The molecule has 1 aromatic heterocycles. The fourth-order valence-corrected chi connectivity index (χ4v) is 7.01. The first-order valence-electron chi connectivity index (χ1n) is 17.7. The first-order chi connectivity index (χ1) is 26.1. The third-order valence-electron chi connectivity index (χ3n) is 9.92. The van der Waals surface area contributed by atoms with Crippen LogP contribution in [0.5, 0.6) is 0 Å². The summed E-state index contributed by atoms with van der Waals surface area (Å²) >= 11 is 0. The molecular formula is C49H35N4+. The molecule has 0 aliphatic heterocycles. The molecule has 0 saturated carbocycles. The largest absolute Gasteiger partial charge is 0.278 e. The molecule has 1 aliphatic rings. The number of aromatic nitrogens is 1. The number of hydrogen-bond donors (Lipinski definition) is 2. The van der Waals surface area contributed by atoms with Crippen molar-refractivity contribution in [3.8, 4) is 33.4 Å². The zero-order chi connectivity index (χ0) is 35.6. The van der Waals surface area contributed by atoms with E-state index in [9.17, 15) is 0 Å². The highest BCUT2D eigenvalue weighted by molar-refractivity contribution is 6.61. The first-order valence-corrected chi connectivity index (χ1v) is 17.7. The Hall–Kier alpha value is -7.17. The van der Waals surface area contributed by atoms with Crippen LogP contribution >= 0.6 is 0 Å². The van der Waals surface area contributed by atoms with Crippen LogP contribution in [0.3, 0.4) is 0 Å². The fraction of sp³-hybridized carbons (Fsp3) is 0. The molecule has 4 heteroatoms. The zero-order valence-electron chi connectivity index (χ0n) is 28.9. The Morgan fingerprint density at radius 1 is 0.415 bits per heavy atom. The Morgan fingerprint density at radius 2 is 0.925 bits per heavy atom. The molecule has 0 unspecified atom stereocenters. The molecule has 0 bridgehead atoms. The first kappa shape index (κ1) is 31.8. The minimum absolute atomic E-state index is 0.609. The van der Waals surface area contributed by atoms with Gasteiger partial charge in [-0.15, -0.1) is 0 Å². The van der Waals surface area contributed by atoms with Crippen molar-refractivity contribution in [3.63, 3.8) is 0 Å². The third-order valence-corrected chi connectivity index (χ3v) is 9.92. The summed E-state index contributed by atoms with van der Waals surface area (Å²) in [5.74, 6) is 0. The number of fused-ring (bicyclic) bond motifs is 2. The van der Waals surface area contributed by atoms with E-state index in [4.69, 9.17) is 10.5 Å². The van der Waals surface area contributed by atoms with Crippen LogP contribution in [0.2, 0.25) is 0 Å². The Bertz CT molecular complexity index is 2740. The molecule has 0 amide bonds. The van der Waals surface area contributed by atoms with Gasteiger partial charge in [0.15, 0.2) is 5.71 Å². The fourth-order valence-electron chi connectivity index (χ4n) is 7.01. The van der Waals surface area contributed by atoms with Crippen molar-refractivity contribution in [2.75, 3.05) is 5.43 Å². The minimum atomic E-state index is 0.609. The van der Waals surface area contributed by atoms with Crippen LogP contribution in [0.15, 0.2) is 200 Å². The molecule has 53 heavy (non-hydrogen) atoms. The standard InChI is InChI=1S/C49H34N4/c50-49-47(39-20-16-36(17-21-39)44-23-19-34-7-2-4-9-41(34)29-44)31-45(32-48(49)53-52-46-11-5-10-42(30-46)38-24-26-51-27-25-38)37-14-12-35(13-15-37)43-22-18-33-6-1-3-8-40(33)28-43/h1-32,50,52H/p+1/b50-49?,53-48-. The number of nitrogens with two attached hydrogens (primary N) is 1. The molecular weight excluding hydrogens is 645 g/mol. The van der Waals surface area contributed by atoms with Crippen LogP contribution in [-0.4, -0.2) is 16.4 Å². The molecule has 3 N–H and O–H groups in total. The van der Waals surface area contributed by atoms with Crippen LogP contribution in [0.4, 0.5) is 5.69 Å². The number of hydrogen-bond acceptors (Lipinski definition) is 3. The van der Waals surface area contributed by atoms with Gasteiger partial charge >= 0.3 is 0 Å². The van der Waals surface area contributed by atoms with E-state index in [2.05, 4.69) is 168 Å². The quantitative estimate of drug-likeness (QED) is 0.130. The van der Waals surface area contributed by atoms with Gasteiger partial charge in [-0.25, -0.2) is 0 Å². The van der Waals surface area contributed by atoms with Crippen molar-refractivity contribution in [1.82, 2.24) is 4.98 Å².